The van der Waals surface area contributed by atoms with E-state index in [0.717, 1.165) is 0 Å². The largest absolute Gasteiger partial charge is 0.389 e. The molecule has 1 amide bonds. The van der Waals surface area contributed by atoms with E-state index in [1.165, 1.54) is 6.07 Å². The molecule has 108 valence electrons. The summed E-state index contributed by atoms with van der Waals surface area (Å²) in [5.74, 6) is -0.480. The van der Waals surface area contributed by atoms with Gasteiger partial charge in [-0.15, -0.1) is 0 Å². The molecule has 0 aliphatic carbocycles. The second kappa shape index (κ2) is 7.50. The van der Waals surface area contributed by atoms with Gasteiger partial charge in [-0.25, -0.2) is 0 Å². The van der Waals surface area contributed by atoms with Crippen LogP contribution in [-0.2, 0) is 9.53 Å². The second-order valence-corrected chi connectivity index (χ2v) is 4.01. The SMILES string of the molecule is N#Cc1cccc(NC(=O)COCCCC(F)(F)F)c1. The molecule has 0 saturated heterocycles. The Morgan fingerprint density at radius 1 is 1.40 bits per heavy atom. The van der Waals surface area contributed by atoms with Gasteiger partial charge in [-0.05, 0) is 24.6 Å². The van der Waals surface area contributed by atoms with E-state index >= 15 is 0 Å². The standard InChI is InChI=1S/C13H13F3N2O2/c14-13(15,16)5-2-6-20-9-12(19)18-11-4-1-3-10(7-11)8-17/h1,3-4,7H,2,5-6,9H2,(H,18,19). The van der Waals surface area contributed by atoms with E-state index < -0.39 is 18.5 Å². The summed E-state index contributed by atoms with van der Waals surface area (Å²) in [6.45, 7) is -0.459. The van der Waals surface area contributed by atoms with Crippen molar-refractivity contribution in [3.63, 3.8) is 0 Å². The normalized spacial score (nSPS) is 10.9. The van der Waals surface area contributed by atoms with Crippen molar-refractivity contribution in [2.24, 2.45) is 0 Å². The van der Waals surface area contributed by atoms with Gasteiger partial charge in [-0.3, -0.25) is 4.79 Å². The highest BCUT2D eigenvalue weighted by Crippen LogP contribution is 2.20. The Hall–Kier alpha value is -2.07. The Labute approximate surface area is 114 Å². The van der Waals surface area contributed by atoms with E-state index in [2.05, 4.69) is 5.32 Å². The molecule has 0 spiro atoms. The highest BCUT2D eigenvalue weighted by Gasteiger charge is 2.25. The maximum absolute atomic E-state index is 11.8. The fourth-order valence-electron chi connectivity index (χ4n) is 1.40. The van der Waals surface area contributed by atoms with Crippen LogP contribution in [0.4, 0.5) is 18.9 Å². The first-order chi connectivity index (χ1) is 9.40. The molecule has 0 bridgehead atoms. The zero-order valence-electron chi connectivity index (χ0n) is 10.5. The van der Waals surface area contributed by atoms with Crippen molar-refractivity contribution in [1.29, 1.82) is 5.26 Å². The Morgan fingerprint density at radius 3 is 2.80 bits per heavy atom. The van der Waals surface area contributed by atoms with Crippen molar-refractivity contribution in [3.05, 3.63) is 29.8 Å². The van der Waals surface area contributed by atoms with Gasteiger partial charge >= 0.3 is 6.18 Å². The third-order valence-corrected chi connectivity index (χ3v) is 2.26. The van der Waals surface area contributed by atoms with Gasteiger partial charge in [0.15, 0.2) is 0 Å². The van der Waals surface area contributed by atoms with Crippen LogP contribution in [-0.4, -0.2) is 25.3 Å². The zero-order valence-corrected chi connectivity index (χ0v) is 10.5. The van der Waals surface area contributed by atoms with Crippen molar-refractivity contribution in [2.75, 3.05) is 18.5 Å². The fraction of sp³-hybridized carbons (Fsp3) is 0.385. The van der Waals surface area contributed by atoms with E-state index in [1.54, 1.807) is 18.2 Å². The molecule has 1 aromatic carbocycles. The second-order valence-electron chi connectivity index (χ2n) is 4.01. The number of carbonyl (C=O) groups excluding carboxylic acids is 1. The predicted octanol–water partition coefficient (Wildman–Crippen LogP) is 2.86. The van der Waals surface area contributed by atoms with Crippen molar-refractivity contribution >= 4 is 11.6 Å². The molecule has 0 aliphatic rings. The minimum atomic E-state index is -4.21. The molecule has 0 fully saturated rings. The average Bonchev–Trinajstić information content (AvgIpc) is 2.37. The van der Waals surface area contributed by atoms with Gasteiger partial charge in [0.2, 0.25) is 5.91 Å². The minimum absolute atomic E-state index is 0.134. The molecule has 0 aromatic heterocycles. The predicted molar refractivity (Wildman–Crippen MR) is 65.9 cm³/mol. The number of nitrogens with one attached hydrogen (secondary N) is 1. The summed E-state index contributed by atoms with van der Waals surface area (Å²) in [4.78, 5) is 11.4. The number of ether oxygens (including phenoxy) is 1. The van der Waals surface area contributed by atoms with Gasteiger partial charge in [0.25, 0.3) is 0 Å². The number of carbonyl (C=O) groups is 1. The Bertz CT molecular complexity index is 495. The van der Waals surface area contributed by atoms with Crippen LogP contribution in [0.1, 0.15) is 18.4 Å². The van der Waals surface area contributed by atoms with Gasteiger partial charge in [0.1, 0.15) is 6.61 Å². The number of rotatable bonds is 6. The lowest BCUT2D eigenvalue weighted by atomic mass is 10.2. The number of amides is 1. The third-order valence-electron chi connectivity index (χ3n) is 2.26. The van der Waals surface area contributed by atoms with Gasteiger partial charge < -0.3 is 10.1 Å². The van der Waals surface area contributed by atoms with Crippen molar-refractivity contribution in [3.8, 4) is 6.07 Å². The molecule has 20 heavy (non-hydrogen) atoms. The van der Waals surface area contributed by atoms with E-state index in [4.69, 9.17) is 10.00 Å². The quantitative estimate of drug-likeness (QED) is 0.818. The van der Waals surface area contributed by atoms with E-state index in [1.807, 2.05) is 6.07 Å². The maximum atomic E-state index is 11.8. The monoisotopic (exact) mass is 286 g/mol. The number of halogens is 3. The van der Waals surface area contributed by atoms with Crippen molar-refractivity contribution in [2.45, 2.75) is 19.0 Å². The number of anilines is 1. The molecular weight excluding hydrogens is 273 g/mol. The van der Waals surface area contributed by atoms with Crippen molar-refractivity contribution in [1.82, 2.24) is 0 Å². The van der Waals surface area contributed by atoms with Crippen LogP contribution in [0.2, 0.25) is 0 Å². The first-order valence-corrected chi connectivity index (χ1v) is 5.85. The molecule has 1 aromatic rings. The summed E-state index contributed by atoms with van der Waals surface area (Å²) >= 11 is 0. The lowest BCUT2D eigenvalue weighted by Crippen LogP contribution is -2.19. The Balaban J connectivity index is 2.25. The van der Waals surface area contributed by atoms with Gasteiger partial charge in [0.05, 0.1) is 11.6 Å². The van der Waals surface area contributed by atoms with E-state index in [-0.39, 0.29) is 19.6 Å². The molecule has 0 unspecified atom stereocenters. The molecule has 7 heteroatoms. The molecule has 0 atom stereocenters. The smallest absolute Gasteiger partial charge is 0.372 e. The maximum Gasteiger partial charge on any atom is 0.389 e. The summed E-state index contributed by atoms with van der Waals surface area (Å²) in [5.41, 5.74) is 0.835. The summed E-state index contributed by atoms with van der Waals surface area (Å²) in [5, 5.41) is 11.2. The minimum Gasteiger partial charge on any atom is -0.372 e. The molecule has 4 nitrogen and oxygen atoms in total. The van der Waals surface area contributed by atoms with Crippen LogP contribution in [0, 0.1) is 11.3 Å². The molecule has 0 radical (unpaired) electrons. The molecule has 0 heterocycles. The summed E-state index contributed by atoms with van der Waals surface area (Å²) in [6.07, 6.45) is -5.32. The molecule has 0 aliphatic heterocycles. The average molecular weight is 286 g/mol. The molecular formula is C13H13F3N2O2. The zero-order chi connectivity index (χ0) is 15.0. The number of nitriles is 1. The van der Waals surface area contributed by atoms with Gasteiger partial charge in [0, 0.05) is 18.7 Å². The van der Waals surface area contributed by atoms with Gasteiger partial charge in [-0.2, -0.15) is 18.4 Å². The summed E-state index contributed by atoms with van der Waals surface area (Å²) < 4.78 is 40.4. The summed E-state index contributed by atoms with van der Waals surface area (Å²) in [7, 11) is 0. The Morgan fingerprint density at radius 2 is 2.15 bits per heavy atom. The number of nitrogens with zero attached hydrogens (tertiary/aromatic N) is 1. The molecule has 0 saturated carbocycles. The molecule has 1 N–H and O–H groups in total. The van der Waals surface area contributed by atoms with E-state index in [0.29, 0.717) is 11.3 Å². The number of hydrogen-bond acceptors (Lipinski definition) is 3. The lowest BCUT2D eigenvalue weighted by molar-refractivity contribution is -0.138. The van der Waals surface area contributed by atoms with Crippen LogP contribution in [0.3, 0.4) is 0 Å². The van der Waals surface area contributed by atoms with Crippen molar-refractivity contribution < 1.29 is 22.7 Å². The van der Waals surface area contributed by atoms with E-state index in [9.17, 15) is 18.0 Å². The lowest BCUT2D eigenvalue weighted by Gasteiger charge is -2.08. The number of hydrogen-bond donors (Lipinski definition) is 1. The molecule has 1 rings (SSSR count). The topological polar surface area (TPSA) is 62.1 Å². The summed E-state index contributed by atoms with van der Waals surface area (Å²) in [6, 6.07) is 8.21. The Kier molecular flexibility index (Phi) is 6.00. The first kappa shape index (κ1) is 16.0. The van der Waals surface area contributed by atoms with Gasteiger partial charge in [-0.1, -0.05) is 6.07 Å². The number of alkyl halides is 3. The highest BCUT2D eigenvalue weighted by atomic mass is 19.4. The highest BCUT2D eigenvalue weighted by molar-refractivity contribution is 5.91. The van der Waals surface area contributed by atoms with Crippen LogP contribution < -0.4 is 5.32 Å². The first-order valence-electron chi connectivity index (χ1n) is 5.85. The fourth-order valence-corrected chi connectivity index (χ4v) is 1.40. The number of benzene rings is 1. The van der Waals surface area contributed by atoms with Crippen LogP contribution in [0.5, 0.6) is 0 Å². The third kappa shape index (κ3) is 6.75. The van der Waals surface area contributed by atoms with Crippen LogP contribution >= 0.6 is 0 Å². The van der Waals surface area contributed by atoms with Crippen LogP contribution in [0.15, 0.2) is 24.3 Å². The van der Waals surface area contributed by atoms with Crippen LogP contribution in [0.25, 0.3) is 0 Å².